The van der Waals surface area contributed by atoms with Crippen LogP contribution in [0, 0.1) is 13.8 Å². The smallest absolute Gasteiger partial charge is 0.0792 e. The molecule has 78 valence electrons. The monoisotopic (exact) mass is 265 g/mol. The number of nitrogens with two attached hydrogens (primary N) is 1. The van der Waals surface area contributed by atoms with Crippen LogP contribution < -0.4 is 5.73 Å². The van der Waals surface area contributed by atoms with Crippen LogP contribution in [-0.4, -0.2) is 9.78 Å². The Morgan fingerprint density at radius 2 is 2.00 bits per heavy atom. The van der Waals surface area contributed by atoms with Gasteiger partial charge in [-0.25, -0.2) is 4.68 Å². The van der Waals surface area contributed by atoms with Gasteiger partial charge in [0, 0.05) is 15.9 Å². The van der Waals surface area contributed by atoms with Gasteiger partial charge in [-0.2, -0.15) is 5.10 Å². The molecule has 3 nitrogen and oxygen atoms in total. The molecule has 0 spiro atoms. The molecule has 0 bridgehead atoms. The molecule has 1 heterocycles. The molecule has 0 saturated heterocycles. The Labute approximate surface area is 97.0 Å². The highest BCUT2D eigenvalue weighted by atomic mass is 79.9. The summed E-state index contributed by atoms with van der Waals surface area (Å²) < 4.78 is 2.85. The van der Waals surface area contributed by atoms with E-state index in [0.717, 1.165) is 27.2 Å². The topological polar surface area (TPSA) is 43.8 Å². The molecule has 0 saturated carbocycles. The van der Waals surface area contributed by atoms with Gasteiger partial charge in [0.1, 0.15) is 0 Å². The number of rotatable bonds is 1. The molecular formula is C11H12BrN3. The van der Waals surface area contributed by atoms with Crippen molar-refractivity contribution in [2.45, 2.75) is 13.8 Å². The molecular weight excluding hydrogens is 254 g/mol. The molecule has 0 aliphatic carbocycles. The van der Waals surface area contributed by atoms with E-state index in [1.807, 2.05) is 42.8 Å². The summed E-state index contributed by atoms with van der Waals surface area (Å²) in [4.78, 5) is 0. The Bertz CT molecular complexity index is 503. The van der Waals surface area contributed by atoms with E-state index in [9.17, 15) is 0 Å². The molecule has 0 unspecified atom stereocenters. The number of nitrogens with zero attached hydrogens (tertiary/aromatic N) is 2. The molecule has 1 aromatic carbocycles. The van der Waals surface area contributed by atoms with Crippen molar-refractivity contribution in [2.75, 3.05) is 5.73 Å². The highest BCUT2D eigenvalue weighted by molar-refractivity contribution is 9.10. The molecule has 1 aromatic heterocycles. The second-order valence-corrected chi connectivity index (χ2v) is 4.40. The molecule has 0 amide bonds. The largest absolute Gasteiger partial charge is 0.399 e. The van der Waals surface area contributed by atoms with E-state index in [1.165, 1.54) is 0 Å². The molecule has 15 heavy (non-hydrogen) atoms. The molecule has 4 heteroatoms. The fourth-order valence-electron chi connectivity index (χ4n) is 1.57. The minimum Gasteiger partial charge on any atom is -0.399 e. The first-order valence-electron chi connectivity index (χ1n) is 4.66. The Hall–Kier alpha value is -1.29. The number of nitrogen functional groups attached to an aromatic ring is 1. The van der Waals surface area contributed by atoms with Crippen molar-refractivity contribution in [2.24, 2.45) is 0 Å². The van der Waals surface area contributed by atoms with Crippen molar-refractivity contribution in [3.63, 3.8) is 0 Å². The van der Waals surface area contributed by atoms with Gasteiger partial charge in [-0.05, 0) is 54.0 Å². The van der Waals surface area contributed by atoms with Gasteiger partial charge in [0.15, 0.2) is 0 Å². The van der Waals surface area contributed by atoms with Crippen molar-refractivity contribution < 1.29 is 0 Å². The lowest BCUT2D eigenvalue weighted by Crippen LogP contribution is -2.00. The van der Waals surface area contributed by atoms with Crippen molar-refractivity contribution in [1.82, 2.24) is 9.78 Å². The lowest BCUT2D eigenvalue weighted by molar-refractivity contribution is 0.830. The average molecular weight is 266 g/mol. The van der Waals surface area contributed by atoms with Gasteiger partial charge >= 0.3 is 0 Å². The molecule has 0 aliphatic heterocycles. The summed E-state index contributed by atoms with van der Waals surface area (Å²) in [6.07, 6.45) is 0. The van der Waals surface area contributed by atoms with E-state index >= 15 is 0 Å². The van der Waals surface area contributed by atoms with E-state index in [0.29, 0.717) is 0 Å². The Kier molecular flexibility index (Phi) is 2.52. The average Bonchev–Trinajstić information content (AvgIpc) is 2.45. The minimum absolute atomic E-state index is 0.743. The predicted molar refractivity (Wildman–Crippen MR) is 65.2 cm³/mol. The number of hydrogen-bond acceptors (Lipinski definition) is 2. The van der Waals surface area contributed by atoms with Crippen LogP contribution in [0.1, 0.15) is 11.4 Å². The van der Waals surface area contributed by atoms with E-state index in [-0.39, 0.29) is 0 Å². The SMILES string of the molecule is Cc1cc(C)n(-c2ccc(N)cc2Br)n1. The van der Waals surface area contributed by atoms with Crippen molar-refractivity contribution in [1.29, 1.82) is 0 Å². The van der Waals surface area contributed by atoms with Gasteiger partial charge in [0.05, 0.1) is 11.4 Å². The molecule has 2 aromatic rings. The van der Waals surface area contributed by atoms with Gasteiger partial charge in [0.25, 0.3) is 0 Å². The van der Waals surface area contributed by atoms with E-state index in [2.05, 4.69) is 21.0 Å². The zero-order valence-corrected chi connectivity index (χ0v) is 10.2. The van der Waals surface area contributed by atoms with Gasteiger partial charge in [0.2, 0.25) is 0 Å². The number of aromatic nitrogens is 2. The van der Waals surface area contributed by atoms with Crippen molar-refractivity contribution >= 4 is 21.6 Å². The summed E-state index contributed by atoms with van der Waals surface area (Å²) in [7, 11) is 0. The first-order chi connectivity index (χ1) is 7.08. The van der Waals surface area contributed by atoms with E-state index in [1.54, 1.807) is 0 Å². The second kappa shape index (κ2) is 3.70. The summed E-state index contributed by atoms with van der Waals surface area (Å²) in [5.74, 6) is 0. The zero-order valence-electron chi connectivity index (χ0n) is 8.66. The third-order valence-corrected chi connectivity index (χ3v) is 2.84. The zero-order chi connectivity index (χ0) is 11.0. The van der Waals surface area contributed by atoms with Crippen LogP contribution in [0.25, 0.3) is 5.69 Å². The van der Waals surface area contributed by atoms with Crippen LogP contribution in [0.3, 0.4) is 0 Å². The normalized spacial score (nSPS) is 10.6. The summed E-state index contributed by atoms with van der Waals surface area (Å²) in [6, 6.07) is 7.75. The molecule has 0 atom stereocenters. The second-order valence-electron chi connectivity index (χ2n) is 3.55. The van der Waals surface area contributed by atoms with Gasteiger partial charge in [-0.1, -0.05) is 0 Å². The lowest BCUT2D eigenvalue weighted by Gasteiger charge is -2.07. The lowest BCUT2D eigenvalue weighted by atomic mass is 10.3. The third kappa shape index (κ3) is 1.90. The molecule has 0 radical (unpaired) electrons. The number of benzene rings is 1. The molecule has 0 fully saturated rings. The van der Waals surface area contributed by atoms with Crippen molar-refractivity contribution in [3.05, 3.63) is 40.1 Å². The highest BCUT2D eigenvalue weighted by Gasteiger charge is 2.07. The minimum atomic E-state index is 0.743. The van der Waals surface area contributed by atoms with Crippen LogP contribution >= 0.6 is 15.9 Å². The van der Waals surface area contributed by atoms with E-state index < -0.39 is 0 Å². The van der Waals surface area contributed by atoms with Gasteiger partial charge in [-0.15, -0.1) is 0 Å². The maximum atomic E-state index is 5.69. The standard InChI is InChI=1S/C11H12BrN3/c1-7-5-8(2)15(14-7)11-4-3-9(13)6-10(11)12/h3-6H,13H2,1-2H3. The maximum absolute atomic E-state index is 5.69. The summed E-state index contributed by atoms with van der Waals surface area (Å²) in [5.41, 5.74) is 9.56. The third-order valence-electron chi connectivity index (χ3n) is 2.21. The summed E-state index contributed by atoms with van der Waals surface area (Å²) >= 11 is 3.49. The maximum Gasteiger partial charge on any atom is 0.0792 e. The van der Waals surface area contributed by atoms with Crippen LogP contribution in [0.15, 0.2) is 28.7 Å². The Balaban J connectivity index is 2.59. The van der Waals surface area contributed by atoms with Crippen molar-refractivity contribution in [3.8, 4) is 5.69 Å². The van der Waals surface area contributed by atoms with Gasteiger partial charge < -0.3 is 5.73 Å². The number of aryl methyl sites for hydroxylation is 2. The van der Waals surface area contributed by atoms with Crippen LogP contribution in [0.5, 0.6) is 0 Å². The summed E-state index contributed by atoms with van der Waals surface area (Å²) in [5, 5.41) is 4.42. The fraction of sp³-hybridized carbons (Fsp3) is 0.182. The first-order valence-corrected chi connectivity index (χ1v) is 5.46. The fourth-order valence-corrected chi connectivity index (χ4v) is 2.13. The molecule has 2 rings (SSSR count). The van der Waals surface area contributed by atoms with Crippen LogP contribution in [-0.2, 0) is 0 Å². The summed E-state index contributed by atoms with van der Waals surface area (Å²) in [6.45, 7) is 4.01. The quantitative estimate of drug-likeness (QED) is 0.806. The number of anilines is 1. The highest BCUT2D eigenvalue weighted by Crippen LogP contribution is 2.24. The predicted octanol–water partition coefficient (Wildman–Crippen LogP) is 2.83. The van der Waals surface area contributed by atoms with Crippen LogP contribution in [0.2, 0.25) is 0 Å². The molecule has 2 N–H and O–H groups in total. The number of halogens is 1. The van der Waals surface area contributed by atoms with E-state index in [4.69, 9.17) is 5.73 Å². The number of hydrogen-bond donors (Lipinski definition) is 1. The Morgan fingerprint density at radius 1 is 1.27 bits per heavy atom. The Morgan fingerprint density at radius 3 is 2.53 bits per heavy atom. The van der Waals surface area contributed by atoms with Crippen LogP contribution in [0.4, 0.5) is 5.69 Å². The molecule has 0 aliphatic rings. The van der Waals surface area contributed by atoms with Gasteiger partial charge in [-0.3, -0.25) is 0 Å². The first kappa shape index (κ1) is 10.2.